The first-order valence-electron chi connectivity index (χ1n) is 7.50. The van der Waals surface area contributed by atoms with E-state index >= 15 is 0 Å². The number of aliphatic hydroxyl groups is 1. The van der Waals surface area contributed by atoms with Gasteiger partial charge >= 0.3 is 0 Å². The molecule has 3 atom stereocenters. The number of unbranched alkanes of at least 4 members (excludes halogenated alkanes) is 2. The number of carbonyl (C=O) groups is 1. The van der Waals surface area contributed by atoms with Crippen molar-refractivity contribution in [3.05, 3.63) is 0 Å². The predicted octanol–water partition coefficient (Wildman–Crippen LogP) is 2.82. The number of amides is 1. The van der Waals surface area contributed by atoms with Crippen LogP contribution in [-0.2, 0) is 4.79 Å². The number of piperidine rings is 1. The fourth-order valence-corrected chi connectivity index (χ4v) is 2.55. The van der Waals surface area contributed by atoms with Gasteiger partial charge in [0.2, 0.25) is 5.91 Å². The van der Waals surface area contributed by atoms with Crippen molar-refractivity contribution in [2.75, 3.05) is 13.1 Å². The number of hydrogen-bond acceptors (Lipinski definition) is 2. The smallest absolute Gasteiger partial charge is 0.222 e. The lowest BCUT2D eigenvalue weighted by Crippen LogP contribution is -2.46. The predicted molar refractivity (Wildman–Crippen MR) is 74.3 cm³/mol. The van der Waals surface area contributed by atoms with Crippen molar-refractivity contribution in [1.29, 1.82) is 0 Å². The Morgan fingerprint density at radius 3 is 2.78 bits per heavy atom. The normalized spacial score (nSPS) is 26.1. The molecule has 1 saturated heterocycles. The van der Waals surface area contributed by atoms with Crippen molar-refractivity contribution >= 4 is 5.91 Å². The highest BCUT2D eigenvalue weighted by molar-refractivity contribution is 5.76. The average molecular weight is 255 g/mol. The summed E-state index contributed by atoms with van der Waals surface area (Å²) in [6.45, 7) is 7.77. The lowest BCUT2D eigenvalue weighted by Gasteiger charge is -2.34. The Morgan fingerprint density at radius 1 is 1.44 bits per heavy atom. The molecule has 3 heteroatoms. The van der Waals surface area contributed by atoms with Crippen LogP contribution in [-0.4, -0.2) is 35.1 Å². The molecule has 1 rings (SSSR count). The van der Waals surface area contributed by atoms with Gasteiger partial charge in [-0.15, -0.1) is 0 Å². The summed E-state index contributed by atoms with van der Waals surface area (Å²) in [5.41, 5.74) is 0. The molecule has 1 N–H and O–H groups in total. The molecule has 1 amide bonds. The summed E-state index contributed by atoms with van der Waals surface area (Å²) in [5.74, 6) is 1.03. The molecule has 0 aromatic rings. The Hall–Kier alpha value is -0.570. The molecule has 3 unspecified atom stereocenters. The molecule has 0 aliphatic carbocycles. The van der Waals surface area contributed by atoms with E-state index in [1.54, 1.807) is 0 Å². The molecule has 0 aromatic heterocycles. The molecule has 1 aliphatic rings. The van der Waals surface area contributed by atoms with Crippen molar-refractivity contribution in [1.82, 2.24) is 4.90 Å². The molecule has 0 spiro atoms. The van der Waals surface area contributed by atoms with Gasteiger partial charge in [0.1, 0.15) is 0 Å². The van der Waals surface area contributed by atoms with Gasteiger partial charge in [-0.1, -0.05) is 46.5 Å². The maximum Gasteiger partial charge on any atom is 0.222 e. The summed E-state index contributed by atoms with van der Waals surface area (Å²) >= 11 is 0. The Kier molecular flexibility index (Phi) is 6.69. The minimum absolute atomic E-state index is 0.227. The first kappa shape index (κ1) is 15.5. The third-order valence-corrected chi connectivity index (χ3v) is 4.09. The van der Waals surface area contributed by atoms with Gasteiger partial charge < -0.3 is 10.0 Å². The second kappa shape index (κ2) is 7.78. The van der Waals surface area contributed by atoms with Crippen LogP contribution in [0.15, 0.2) is 0 Å². The van der Waals surface area contributed by atoms with Gasteiger partial charge in [-0.2, -0.15) is 0 Å². The lowest BCUT2D eigenvalue weighted by molar-refractivity contribution is -0.136. The van der Waals surface area contributed by atoms with E-state index in [9.17, 15) is 9.90 Å². The summed E-state index contributed by atoms with van der Waals surface area (Å²) in [4.78, 5) is 14.0. The Bertz CT molecular complexity index is 255. The fraction of sp³-hybridized carbons (Fsp3) is 0.933. The van der Waals surface area contributed by atoms with Crippen molar-refractivity contribution in [2.24, 2.45) is 11.8 Å². The standard InChI is InChI=1S/C15H29NO2/c1-4-5-6-7-12(2)10-15(18)16-9-8-13(3)14(17)11-16/h12-14,17H,4-11H2,1-3H3. The summed E-state index contributed by atoms with van der Waals surface area (Å²) in [6.07, 6.45) is 6.10. The SMILES string of the molecule is CCCCCC(C)CC(=O)N1CCC(C)C(O)C1. The second-order valence-electron chi connectivity index (χ2n) is 5.98. The first-order valence-corrected chi connectivity index (χ1v) is 7.50. The molecule has 0 radical (unpaired) electrons. The van der Waals surface area contributed by atoms with Crippen LogP contribution >= 0.6 is 0 Å². The third-order valence-electron chi connectivity index (χ3n) is 4.09. The summed E-state index contributed by atoms with van der Waals surface area (Å²) in [7, 11) is 0. The number of likely N-dealkylation sites (tertiary alicyclic amines) is 1. The van der Waals surface area contributed by atoms with Crippen LogP contribution in [0.1, 0.15) is 59.3 Å². The maximum absolute atomic E-state index is 12.1. The maximum atomic E-state index is 12.1. The van der Waals surface area contributed by atoms with Crippen molar-refractivity contribution in [3.8, 4) is 0 Å². The summed E-state index contributed by atoms with van der Waals surface area (Å²) in [5, 5.41) is 9.81. The number of β-amino-alcohol motifs (C(OH)–C–C–N with tert-alkyl or cyclic N) is 1. The summed E-state index contributed by atoms with van der Waals surface area (Å²) in [6, 6.07) is 0. The average Bonchev–Trinajstić information content (AvgIpc) is 2.33. The highest BCUT2D eigenvalue weighted by Gasteiger charge is 2.27. The second-order valence-corrected chi connectivity index (χ2v) is 5.98. The first-order chi connectivity index (χ1) is 8.54. The van der Waals surface area contributed by atoms with E-state index in [1.165, 1.54) is 19.3 Å². The summed E-state index contributed by atoms with van der Waals surface area (Å²) < 4.78 is 0. The number of nitrogens with zero attached hydrogens (tertiary/aromatic N) is 1. The minimum atomic E-state index is -0.335. The van der Waals surface area contributed by atoms with E-state index < -0.39 is 0 Å². The van der Waals surface area contributed by atoms with Crippen LogP contribution in [0.2, 0.25) is 0 Å². The van der Waals surface area contributed by atoms with Crippen molar-refractivity contribution < 1.29 is 9.90 Å². The molecule has 3 nitrogen and oxygen atoms in total. The van der Waals surface area contributed by atoms with E-state index in [4.69, 9.17) is 0 Å². The monoisotopic (exact) mass is 255 g/mol. The van der Waals surface area contributed by atoms with Gasteiger partial charge in [0.05, 0.1) is 6.10 Å². The number of rotatable bonds is 6. The van der Waals surface area contributed by atoms with Crippen LogP contribution in [0.25, 0.3) is 0 Å². The quantitative estimate of drug-likeness (QED) is 0.741. The third kappa shape index (κ3) is 4.97. The number of carbonyl (C=O) groups excluding carboxylic acids is 1. The zero-order valence-corrected chi connectivity index (χ0v) is 12.2. The Morgan fingerprint density at radius 2 is 2.17 bits per heavy atom. The van der Waals surface area contributed by atoms with Crippen LogP contribution in [0.5, 0.6) is 0 Å². The Balaban J connectivity index is 2.27. The topological polar surface area (TPSA) is 40.5 Å². The van der Waals surface area contributed by atoms with E-state index in [0.29, 0.717) is 24.8 Å². The lowest BCUT2D eigenvalue weighted by atomic mass is 9.94. The van der Waals surface area contributed by atoms with Crippen molar-refractivity contribution in [3.63, 3.8) is 0 Å². The van der Waals surface area contributed by atoms with E-state index in [-0.39, 0.29) is 12.0 Å². The van der Waals surface area contributed by atoms with Gasteiger partial charge in [-0.25, -0.2) is 0 Å². The van der Waals surface area contributed by atoms with Crippen molar-refractivity contribution in [2.45, 2.75) is 65.4 Å². The fourth-order valence-electron chi connectivity index (χ4n) is 2.55. The zero-order valence-electron chi connectivity index (χ0n) is 12.2. The van der Waals surface area contributed by atoms with Crippen LogP contribution in [0.4, 0.5) is 0 Å². The zero-order chi connectivity index (χ0) is 13.5. The van der Waals surface area contributed by atoms with Gasteiger partial charge in [0, 0.05) is 19.5 Å². The molecule has 0 saturated carbocycles. The van der Waals surface area contributed by atoms with Gasteiger partial charge in [-0.3, -0.25) is 4.79 Å². The molecule has 0 bridgehead atoms. The van der Waals surface area contributed by atoms with Gasteiger partial charge in [-0.05, 0) is 18.3 Å². The largest absolute Gasteiger partial charge is 0.391 e. The molecular weight excluding hydrogens is 226 g/mol. The van der Waals surface area contributed by atoms with Gasteiger partial charge in [0.15, 0.2) is 0 Å². The van der Waals surface area contributed by atoms with Crippen LogP contribution < -0.4 is 0 Å². The van der Waals surface area contributed by atoms with E-state index in [1.807, 2.05) is 4.90 Å². The molecule has 1 aliphatic heterocycles. The Labute approximate surface area is 112 Å². The van der Waals surface area contributed by atoms with Gasteiger partial charge in [0.25, 0.3) is 0 Å². The number of aliphatic hydroxyl groups excluding tert-OH is 1. The van der Waals surface area contributed by atoms with E-state index in [2.05, 4.69) is 20.8 Å². The minimum Gasteiger partial charge on any atom is -0.391 e. The molecule has 0 aromatic carbocycles. The highest BCUT2D eigenvalue weighted by atomic mass is 16.3. The molecule has 1 fully saturated rings. The molecule has 18 heavy (non-hydrogen) atoms. The number of hydrogen-bond donors (Lipinski definition) is 1. The van der Waals surface area contributed by atoms with E-state index in [0.717, 1.165) is 19.4 Å². The molecular formula is C15H29NO2. The van der Waals surface area contributed by atoms with Crippen LogP contribution in [0.3, 0.4) is 0 Å². The van der Waals surface area contributed by atoms with Crippen LogP contribution in [0, 0.1) is 11.8 Å². The molecule has 1 heterocycles. The highest BCUT2D eigenvalue weighted by Crippen LogP contribution is 2.20. The molecule has 106 valence electrons.